The number of anilines is 2. The molecule has 0 aliphatic rings. The van der Waals surface area contributed by atoms with Gasteiger partial charge in [0.1, 0.15) is 0 Å². The number of amides is 4. The predicted molar refractivity (Wildman–Crippen MR) is 132 cm³/mol. The summed E-state index contributed by atoms with van der Waals surface area (Å²) in [5.41, 5.74) is -2.55. The molecule has 1 rings (SSSR count). The molecule has 0 heterocycles. The summed E-state index contributed by atoms with van der Waals surface area (Å²) in [5.74, 6) is 0. The molecule has 0 bridgehead atoms. The van der Waals surface area contributed by atoms with E-state index in [1.54, 1.807) is 10.6 Å². The number of hydrogen-bond donors (Lipinski definition) is 2. The van der Waals surface area contributed by atoms with E-state index in [1.165, 1.54) is 0 Å². The Morgan fingerprint density at radius 3 is 1.45 bits per heavy atom. The molecule has 176 valence electrons. The number of urea groups is 2. The lowest BCUT2D eigenvalue weighted by atomic mass is 10.1. The van der Waals surface area contributed by atoms with Crippen LogP contribution in [0, 0.1) is 6.92 Å². The SMILES string of the molecule is [2H]C([2H])([2H])C([2H])([2H])C([2H])([2H])C([2H])([2H])N(C(=O)Nc1cccc(NC(=O)N(C([2H])([2H])C([2H])([2H])C([2H])([2H])C([2H])([2H])[2H])C([2H])([2H])C([2H])([2H])C([2H])([2H])C([2H])([2H])[2H])c1C)C([2H])([2H])C([2H])([2H])C([2H])([2H])C([2H])([2H])[2H]. The minimum Gasteiger partial charge on any atom is -0.325 e. The Morgan fingerprint density at radius 2 is 1.13 bits per heavy atom. The van der Waals surface area contributed by atoms with Crippen molar-refractivity contribution in [2.75, 3.05) is 36.6 Å². The Hall–Kier alpha value is -2.24. The van der Waals surface area contributed by atoms with Crippen molar-refractivity contribution in [3.05, 3.63) is 23.8 Å². The maximum absolute atomic E-state index is 14.1. The number of rotatable bonds is 14. The lowest BCUT2D eigenvalue weighted by molar-refractivity contribution is 0.209. The molecule has 0 aliphatic heterocycles. The highest BCUT2D eigenvalue weighted by Gasteiger charge is 2.17. The van der Waals surface area contributed by atoms with Crippen LogP contribution in [0.2, 0.25) is 0 Å². The van der Waals surface area contributed by atoms with Gasteiger partial charge in [-0.2, -0.15) is 0 Å². The van der Waals surface area contributed by atoms with E-state index in [2.05, 4.69) is 0 Å². The molecular formula is C25H44N4O2. The van der Waals surface area contributed by atoms with E-state index in [9.17, 15) is 9.59 Å². The molecule has 1 aromatic rings. The highest BCUT2D eigenvalue weighted by atomic mass is 16.2. The quantitative estimate of drug-likeness (QED) is 0.313. The summed E-state index contributed by atoms with van der Waals surface area (Å²) in [7, 11) is 0. The van der Waals surface area contributed by atoms with Crippen LogP contribution in [0.5, 0.6) is 0 Å². The molecule has 0 aliphatic carbocycles. The number of carbonyl (C=O) groups excluding carboxylic acids is 2. The van der Waals surface area contributed by atoms with Crippen LogP contribution in [0.1, 0.15) is 133 Å². The van der Waals surface area contributed by atoms with Crippen molar-refractivity contribution in [1.29, 1.82) is 0 Å². The summed E-state index contributed by atoms with van der Waals surface area (Å²) in [5, 5.41) is 3.32. The first-order valence-electron chi connectivity index (χ1n) is 26.0. The maximum atomic E-state index is 14.1. The largest absolute Gasteiger partial charge is 0.325 e. The van der Waals surface area contributed by atoms with Crippen molar-refractivity contribution in [1.82, 2.24) is 9.80 Å². The van der Waals surface area contributed by atoms with Gasteiger partial charge in [0.2, 0.25) is 0 Å². The second-order valence-corrected chi connectivity index (χ2v) is 4.96. The monoisotopic (exact) mass is 469 g/mol. The van der Waals surface area contributed by atoms with Crippen LogP contribution in [0.15, 0.2) is 18.2 Å². The van der Waals surface area contributed by atoms with Gasteiger partial charge in [-0.15, -0.1) is 0 Å². The zero-order valence-electron chi connectivity index (χ0n) is 51.9. The lowest BCUT2D eigenvalue weighted by Gasteiger charge is -2.25. The molecule has 6 heteroatoms. The van der Waals surface area contributed by atoms with Gasteiger partial charge in [-0.05, 0) is 50.1 Å². The molecule has 1 aromatic carbocycles. The van der Waals surface area contributed by atoms with E-state index < -0.39 is 143 Å². The third-order valence-electron chi connectivity index (χ3n) is 3.14. The molecule has 0 saturated heterocycles. The van der Waals surface area contributed by atoms with E-state index in [0.29, 0.717) is 0 Å². The summed E-state index contributed by atoms with van der Waals surface area (Å²) in [6, 6.07) is -2.79. The first-order chi connectivity index (χ1) is 28.7. The Morgan fingerprint density at radius 1 is 0.774 bits per heavy atom. The summed E-state index contributed by atoms with van der Waals surface area (Å²) in [6.07, 6.45) is -36.6. The first kappa shape index (κ1) is 5.28. The fourth-order valence-electron chi connectivity index (χ4n) is 1.84. The molecule has 0 fully saturated rings. The molecular weight excluding hydrogens is 388 g/mol. The molecule has 4 amide bonds. The maximum Gasteiger partial charge on any atom is 0.321 e. The fraction of sp³-hybridized carbons (Fsp3) is 0.680. The summed E-state index contributed by atoms with van der Waals surface area (Å²) < 4.78 is 287. The Kier molecular flexibility index (Phi) is 2.65. The molecule has 0 saturated carbocycles. The van der Waals surface area contributed by atoms with Gasteiger partial charge in [-0.1, -0.05) is 59.0 Å². The first-order valence-corrected chi connectivity index (χ1v) is 7.99. The predicted octanol–water partition coefficient (Wildman–Crippen LogP) is 6.86. The average Bonchev–Trinajstić information content (AvgIpc) is 3.06. The van der Waals surface area contributed by atoms with Gasteiger partial charge in [0.05, 0.1) is 0 Å². The van der Waals surface area contributed by atoms with E-state index >= 15 is 0 Å². The Bertz CT molecular complexity index is 1760. The smallest absolute Gasteiger partial charge is 0.321 e. The van der Waals surface area contributed by atoms with Gasteiger partial charge in [0, 0.05) is 86.7 Å². The molecule has 0 aromatic heterocycles. The van der Waals surface area contributed by atoms with Crippen LogP contribution in [0.3, 0.4) is 0 Å². The van der Waals surface area contributed by atoms with Crippen molar-refractivity contribution in [3.63, 3.8) is 0 Å². The van der Waals surface area contributed by atoms with Crippen LogP contribution in [-0.2, 0) is 0 Å². The number of nitrogens with zero attached hydrogens (tertiary/aromatic N) is 2. The van der Waals surface area contributed by atoms with Crippen LogP contribution in [-0.4, -0.2) is 47.8 Å². The van der Waals surface area contributed by atoms with E-state index in [-0.39, 0.29) is 0 Å². The van der Waals surface area contributed by atoms with Crippen molar-refractivity contribution in [3.8, 4) is 0 Å². The molecule has 0 radical (unpaired) electrons. The molecule has 2 N–H and O–H groups in total. The number of nitrogens with one attached hydrogen (secondary N) is 2. The second-order valence-electron chi connectivity index (χ2n) is 4.96. The van der Waals surface area contributed by atoms with Crippen LogP contribution >= 0.6 is 0 Å². The minimum absolute atomic E-state index is 0.713. The standard InChI is InChI=1S/C25H44N4O2/c1-6-10-17-28(18-11-7-2)24(30)26-22-15-14-16-23(21(22)5)27-25(31)29(19-12-8-3)20-13-9-4/h14-16H,6-13,17-20H2,1-5H3,(H,26,30)(H,27,31)/i1D3,2D3,3D3,4D3,6D2,7D2,8D2,9D2,10D2,11D2,12D2,13D2,17D2,18D2,19D2,20D2. The third kappa shape index (κ3) is 9.62. The molecule has 0 spiro atoms. The highest BCUT2D eigenvalue weighted by Crippen LogP contribution is 2.24. The van der Waals surface area contributed by atoms with E-state index in [4.69, 9.17) is 49.3 Å². The summed E-state index contributed by atoms with van der Waals surface area (Å²) >= 11 is 0. The molecule has 31 heavy (non-hydrogen) atoms. The Labute approximate surface area is 240 Å². The van der Waals surface area contributed by atoms with E-state index in [0.717, 1.165) is 25.1 Å². The highest BCUT2D eigenvalue weighted by molar-refractivity contribution is 5.94. The Balaban J connectivity index is 4.38. The van der Waals surface area contributed by atoms with Crippen molar-refractivity contribution in [2.24, 2.45) is 0 Å². The van der Waals surface area contributed by atoms with Gasteiger partial charge in [-0.3, -0.25) is 0 Å². The zero-order valence-corrected chi connectivity index (χ0v) is 15.9. The fourth-order valence-corrected chi connectivity index (χ4v) is 1.84. The second kappa shape index (κ2) is 15.5. The van der Waals surface area contributed by atoms with Crippen LogP contribution in [0.4, 0.5) is 21.0 Å². The molecule has 6 nitrogen and oxygen atoms in total. The zero-order chi connectivity index (χ0) is 54.6. The van der Waals surface area contributed by atoms with Crippen molar-refractivity contribution in [2.45, 2.75) is 85.3 Å². The summed E-state index contributed by atoms with van der Waals surface area (Å²) in [4.78, 5) is 25.8. The minimum atomic E-state index is -4.81. The van der Waals surface area contributed by atoms with Crippen LogP contribution in [0.25, 0.3) is 0 Å². The van der Waals surface area contributed by atoms with Gasteiger partial charge in [0.25, 0.3) is 0 Å². The van der Waals surface area contributed by atoms with Crippen LogP contribution < -0.4 is 10.6 Å². The van der Waals surface area contributed by atoms with Crippen molar-refractivity contribution >= 4 is 23.4 Å². The molecule has 0 atom stereocenters. The van der Waals surface area contributed by atoms with Gasteiger partial charge in [-0.25, -0.2) is 9.59 Å². The topological polar surface area (TPSA) is 64.7 Å². The van der Waals surface area contributed by atoms with Gasteiger partial charge >= 0.3 is 12.1 Å². The number of benzene rings is 1. The third-order valence-corrected chi connectivity index (χ3v) is 3.14. The number of hydrogen-bond acceptors (Lipinski definition) is 2. The normalized spacial score (nSPS) is 35.0. The van der Waals surface area contributed by atoms with Gasteiger partial charge in [0.15, 0.2) is 0 Å². The van der Waals surface area contributed by atoms with Crippen molar-refractivity contribution < 1.29 is 58.9 Å². The lowest BCUT2D eigenvalue weighted by Crippen LogP contribution is -2.37. The molecule has 0 unspecified atom stereocenters. The number of carbonyl (C=O) groups is 2. The van der Waals surface area contributed by atoms with Gasteiger partial charge < -0.3 is 20.4 Å². The van der Waals surface area contributed by atoms with E-state index in [1.807, 2.05) is 0 Å². The summed E-state index contributed by atoms with van der Waals surface area (Å²) in [6.45, 7) is -35.1. The average molecular weight is 469 g/mol.